The van der Waals surface area contributed by atoms with Crippen LogP contribution in [0.1, 0.15) is 22.7 Å². The van der Waals surface area contributed by atoms with Crippen molar-refractivity contribution in [3.8, 4) is 27.4 Å². The summed E-state index contributed by atoms with van der Waals surface area (Å²) in [7, 11) is 1.61. The van der Waals surface area contributed by atoms with Crippen LogP contribution in [0.15, 0.2) is 65.6 Å². The number of primary amides is 1. The highest BCUT2D eigenvalue weighted by Gasteiger charge is 2.34. The molecule has 1 amide bonds. The molecule has 33 heavy (non-hydrogen) atoms. The molecule has 0 aliphatic heterocycles. The predicted molar refractivity (Wildman–Crippen MR) is 125 cm³/mol. The van der Waals surface area contributed by atoms with Crippen LogP contribution in [0.5, 0.6) is 5.75 Å². The molecule has 2 heterocycles. The maximum Gasteiger partial charge on any atom is 0.277 e. The van der Waals surface area contributed by atoms with Crippen LogP contribution in [0.4, 0.5) is 0 Å². The number of methoxy groups -OCH3 is 1. The second-order valence-corrected chi connectivity index (χ2v) is 8.43. The van der Waals surface area contributed by atoms with Gasteiger partial charge in [0, 0.05) is 23.4 Å². The lowest BCUT2D eigenvalue weighted by atomic mass is 9.81. The molecule has 166 valence electrons. The predicted octanol–water partition coefficient (Wildman–Crippen LogP) is 3.36. The summed E-state index contributed by atoms with van der Waals surface area (Å²) in [5.74, 6) is -2.04. The first kappa shape index (κ1) is 22.0. The maximum absolute atomic E-state index is 13.5. The van der Waals surface area contributed by atoms with Gasteiger partial charge in [0.05, 0.1) is 18.1 Å². The number of carbonyl (C=O) groups excluding carboxylic acids is 1. The van der Waals surface area contributed by atoms with Crippen molar-refractivity contribution >= 4 is 17.2 Å². The Labute approximate surface area is 193 Å². The Morgan fingerprint density at radius 2 is 1.91 bits per heavy atom. The van der Waals surface area contributed by atoms with Crippen LogP contribution < -0.4 is 16.0 Å². The lowest BCUT2D eigenvalue weighted by Crippen LogP contribution is -2.31. The van der Waals surface area contributed by atoms with E-state index in [2.05, 4.69) is 10.1 Å². The number of hydrogen-bond acceptors (Lipinski definition) is 6. The zero-order valence-electron chi connectivity index (χ0n) is 18.0. The highest BCUT2D eigenvalue weighted by Crippen LogP contribution is 2.33. The van der Waals surface area contributed by atoms with Gasteiger partial charge in [-0.3, -0.25) is 14.7 Å². The minimum Gasteiger partial charge on any atom is -0.497 e. The van der Waals surface area contributed by atoms with Gasteiger partial charge < -0.3 is 10.5 Å². The van der Waals surface area contributed by atoms with E-state index in [-0.39, 0.29) is 5.56 Å². The lowest BCUT2D eigenvalue weighted by Gasteiger charge is -2.19. The Kier molecular flexibility index (Phi) is 6.11. The Morgan fingerprint density at radius 1 is 1.21 bits per heavy atom. The molecule has 2 aromatic heterocycles. The molecule has 0 saturated heterocycles. The molecule has 0 bridgehead atoms. The van der Waals surface area contributed by atoms with Gasteiger partial charge in [-0.25, -0.2) is 4.98 Å². The van der Waals surface area contributed by atoms with Gasteiger partial charge in [0.2, 0.25) is 11.0 Å². The van der Waals surface area contributed by atoms with E-state index < -0.39 is 17.7 Å². The number of rotatable bonds is 7. The van der Waals surface area contributed by atoms with Gasteiger partial charge in [0.15, 0.2) is 0 Å². The number of amides is 1. The molecule has 4 aromatic rings. The third-order valence-corrected chi connectivity index (χ3v) is 6.46. The molecule has 0 radical (unpaired) electrons. The van der Waals surface area contributed by atoms with E-state index in [1.54, 1.807) is 44.5 Å². The number of H-pyrrole nitrogens is 1. The Bertz CT molecular complexity index is 1380. The molecule has 2 aromatic carbocycles. The minimum atomic E-state index is -1.20. The average molecular weight is 460 g/mol. The third kappa shape index (κ3) is 4.16. The molecule has 2 atom stereocenters. The molecular formula is C24H21N5O3S. The van der Waals surface area contributed by atoms with E-state index >= 15 is 0 Å². The molecule has 3 N–H and O–H groups in total. The Hall–Kier alpha value is -4.16. The Morgan fingerprint density at radius 3 is 2.52 bits per heavy atom. The van der Waals surface area contributed by atoms with Crippen molar-refractivity contribution in [1.29, 1.82) is 5.26 Å². The fourth-order valence-electron chi connectivity index (χ4n) is 3.81. The van der Waals surface area contributed by atoms with Crippen molar-refractivity contribution in [3.05, 3.63) is 88.0 Å². The van der Waals surface area contributed by atoms with Gasteiger partial charge >= 0.3 is 0 Å². The summed E-state index contributed by atoms with van der Waals surface area (Å²) in [6.45, 7) is 1.73. The van der Waals surface area contributed by atoms with E-state index in [4.69, 9.17) is 10.5 Å². The number of hydrogen-bond donors (Lipinski definition) is 2. The summed E-state index contributed by atoms with van der Waals surface area (Å²) in [4.78, 5) is 30.9. The largest absolute Gasteiger partial charge is 0.497 e. The first-order valence-electron chi connectivity index (χ1n) is 10.1. The van der Waals surface area contributed by atoms with Crippen molar-refractivity contribution in [3.63, 3.8) is 0 Å². The van der Waals surface area contributed by atoms with Crippen molar-refractivity contribution < 1.29 is 9.53 Å². The molecule has 8 nitrogen and oxygen atoms in total. The number of aryl methyl sites for hydroxylation is 1. The van der Waals surface area contributed by atoms with E-state index in [9.17, 15) is 14.9 Å². The van der Waals surface area contributed by atoms with Gasteiger partial charge in [-0.2, -0.15) is 9.94 Å². The number of carbonyl (C=O) groups is 1. The second-order valence-electron chi connectivity index (χ2n) is 7.42. The van der Waals surface area contributed by atoms with Crippen molar-refractivity contribution in [2.75, 3.05) is 7.11 Å². The molecule has 0 spiro atoms. The summed E-state index contributed by atoms with van der Waals surface area (Å²) in [5, 5.41) is 13.2. The SMILES string of the molecule is COc1ccc(-c2cnc(-n3[nH]c(C)c([C@@H](c4ccccc4)[C@@H](C#N)C(N)=O)c3=O)s2)cc1. The van der Waals surface area contributed by atoms with Gasteiger partial charge in [0.1, 0.15) is 11.7 Å². The van der Waals surface area contributed by atoms with E-state index in [1.807, 2.05) is 36.4 Å². The summed E-state index contributed by atoms with van der Waals surface area (Å²) >= 11 is 1.34. The van der Waals surface area contributed by atoms with E-state index in [0.717, 1.165) is 16.2 Å². The average Bonchev–Trinajstić information content (AvgIpc) is 3.42. The van der Waals surface area contributed by atoms with Crippen LogP contribution in [0.3, 0.4) is 0 Å². The van der Waals surface area contributed by atoms with Crippen LogP contribution in [0.2, 0.25) is 0 Å². The molecule has 0 unspecified atom stereocenters. The van der Waals surface area contributed by atoms with Gasteiger partial charge in [-0.05, 0) is 42.3 Å². The molecule has 0 aliphatic carbocycles. The molecule has 0 aliphatic rings. The molecule has 4 rings (SSSR count). The number of benzene rings is 2. The quantitative estimate of drug-likeness (QED) is 0.438. The second kappa shape index (κ2) is 9.14. The number of thiazole rings is 1. The molecular weight excluding hydrogens is 438 g/mol. The summed E-state index contributed by atoms with van der Waals surface area (Å²) in [5.41, 5.74) is 7.61. The molecule has 9 heteroatoms. The van der Waals surface area contributed by atoms with E-state index in [0.29, 0.717) is 22.0 Å². The zero-order valence-corrected chi connectivity index (χ0v) is 18.8. The van der Waals surface area contributed by atoms with Crippen LogP contribution in [0.25, 0.3) is 15.6 Å². The normalized spacial score (nSPS) is 12.6. The van der Waals surface area contributed by atoms with E-state index in [1.165, 1.54) is 16.0 Å². The van der Waals surface area contributed by atoms with Crippen LogP contribution in [0, 0.1) is 24.2 Å². The fraction of sp³-hybridized carbons (Fsp3) is 0.167. The number of nitriles is 1. The number of nitrogens with two attached hydrogens (primary N) is 1. The zero-order chi connectivity index (χ0) is 23.5. The lowest BCUT2D eigenvalue weighted by molar-refractivity contribution is -0.120. The topological polar surface area (TPSA) is 127 Å². The summed E-state index contributed by atoms with van der Waals surface area (Å²) < 4.78 is 6.54. The standard InChI is InChI=1S/C24H21N5O3S/c1-14-20(21(18(12-25)22(26)30)16-6-4-3-5-7-16)23(31)29(28-14)24-27-13-19(33-24)15-8-10-17(32-2)11-9-15/h3-11,13,18,21,28H,1-2H3,(H2,26,30)/t18-,21+/m1/s1. The van der Waals surface area contributed by atoms with Gasteiger partial charge in [-0.1, -0.05) is 41.7 Å². The number of aromatic nitrogens is 3. The first-order valence-corrected chi connectivity index (χ1v) is 10.9. The van der Waals surface area contributed by atoms with Crippen LogP contribution >= 0.6 is 11.3 Å². The number of nitrogens with one attached hydrogen (secondary N) is 1. The van der Waals surface area contributed by atoms with Crippen molar-refractivity contribution in [2.45, 2.75) is 12.8 Å². The summed E-state index contributed by atoms with van der Waals surface area (Å²) in [6, 6.07) is 18.5. The number of aromatic amines is 1. The monoisotopic (exact) mass is 459 g/mol. The Balaban J connectivity index is 1.79. The van der Waals surface area contributed by atoms with Gasteiger partial charge in [0.25, 0.3) is 5.56 Å². The molecule has 0 fully saturated rings. The highest BCUT2D eigenvalue weighted by molar-refractivity contribution is 7.17. The third-order valence-electron chi connectivity index (χ3n) is 5.42. The molecule has 0 saturated carbocycles. The smallest absolute Gasteiger partial charge is 0.277 e. The van der Waals surface area contributed by atoms with Crippen LogP contribution in [-0.4, -0.2) is 27.8 Å². The maximum atomic E-state index is 13.5. The fourth-order valence-corrected chi connectivity index (χ4v) is 4.69. The van der Waals surface area contributed by atoms with Crippen LogP contribution in [-0.2, 0) is 4.79 Å². The first-order chi connectivity index (χ1) is 15.9. The summed E-state index contributed by atoms with van der Waals surface area (Å²) in [6.07, 6.45) is 1.69. The van der Waals surface area contributed by atoms with Crippen molar-refractivity contribution in [1.82, 2.24) is 14.8 Å². The number of ether oxygens (including phenoxy) is 1. The number of nitrogens with zero attached hydrogens (tertiary/aromatic N) is 3. The van der Waals surface area contributed by atoms with Gasteiger partial charge in [-0.15, -0.1) is 0 Å². The minimum absolute atomic E-state index is 0.313. The van der Waals surface area contributed by atoms with Crippen molar-refractivity contribution in [2.24, 2.45) is 11.7 Å². The highest BCUT2D eigenvalue weighted by atomic mass is 32.1.